The van der Waals surface area contributed by atoms with Crippen LogP contribution >= 0.6 is 0 Å². The van der Waals surface area contributed by atoms with E-state index in [9.17, 15) is 0 Å². The minimum absolute atomic E-state index is 0.204. The molecule has 0 aliphatic rings. The van der Waals surface area contributed by atoms with Crippen molar-refractivity contribution in [3.8, 4) is 5.75 Å². The zero-order chi connectivity index (χ0) is 16.9. The molecule has 0 saturated heterocycles. The third-order valence-electron chi connectivity index (χ3n) is 3.49. The van der Waals surface area contributed by atoms with Crippen molar-refractivity contribution in [1.29, 1.82) is 10.8 Å². The molecular formula is C19H28N2O2. The number of unbranched alkanes of at least 4 members (excludes halogenated alkanes) is 5. The van der Waals surface area contributed by atoms with Crippen molar-refractivity contribution in [3.63, 3.8) is 0 Å². The van der Waals surface area contributed by atoms with Crippen molar-refractivity contribution in [1.82, 2.24) is 0 Å². The lowest BCUT2D eigenvalue weighted by molar-refractivity contribution is 0.287. The number of ether oxygens (including phenoxy) is 2. The Hall–Kier alpha value is -2.10. The number of hydrogen-bond donors (Lipinski definition) is 2. The highest BCUT2D eigenvalue weighted by atomic mass is 16.5. The molecule has 0 aliphatic heterocycles. The molecule has 0 radical (unpaired) electrons. The summed E-state index contributed by atoms with van der Waals surface area (Å²) >= 11 is 0. The first kappa shape index (κ1) is 18.9. The van der Waals surface area contributed by atoms with Gasteiger partial charge in [0, 0.05) is 11.8 Å². The van der Waals surface area contributed by atoms with E-state index in [1.54, 1.807) is 6.92 Å². The van der Waals surface area contributed by atoms with Gasteiger partial charge in [-0.3, -0.25) is 5.41 Å². The quantitative estimate of drug-likeness (QED) is 0.325. The summed E-state index contributed by atoms with van der Waals surface area (Å²) in [6, 6.07) is 7.59. The van der Waals surface area contributed by atoms with Gasteiger partial charge >= 0.3 is 0 Å². The van der Waals surface area contributed by atoms with Crippen LogP contribution in [0.25, 0.3) is 0 Å². The summed E-state index contributed by atoms with van der Waals surface area (Å²) in [7, 11) is 0. The summed E-state index contributed by atoms with van der Waals surface area (Å²) in [5.74, 6) is 1.07. The first-order chi connectivity index (χ1) is 11.1. The van der Waals surface area contributed by atoms with Crippen LogP contribution in [0.4, 0.5) is 0 Å². The second-order valence-corrected chi connectivity index (χ2v) is 5.64. The van der Waals surface area contributed by atoms with Crippen molar-refractivity contribution >= 4 is 12.1 Å². The van der Waals surface area contributed by atoms with Gasteiger partial charge in [-0.25, -0.2) is 0 Å². The summed E-state index contributed by atoms with van der Waals surface area (Å²) in [4.78, 5) is 0. The van der Waals surface area contributed by atoms with Crippen molar-refractivity contribution < 1.29 is 9.47 Å². The number of nitrogens with one attached hydrogen (secondary N) is 2. The molecule has 0 amide bonds. The topological polar surface area (TPSA) is 66.2 Å². The molecule has 0 unspecified atom stereocenters. The normalized spacial score (nSPS) is 10.1. The summed E-state index contributed by atoms with van der Waals surface area (Å²) in [5.41, 5.74) is 1.57. The lowest BCUT2D eigenvalue weighted by Gasteiger charge is -2.07. The molecule has 23 heavy (non-hydrogen) atoms. The lowest BCUT2D eigenvalue weighted by atomic mass is 10.1. The molecule has 126 valence electrons. The first-order valence-corrected chi connectivity index (χ1v) is 8.24. The first-order valence-electron chi connectivity index (χ1n) is 8.24. The molecule has 1 rings (SSSR count). The molecule has 4 heteroatoms. The highest BCUT2D eigenvalue weighted by Gasteiger charge is 1.98. The van der Waals surface area contributed by atoms with E-state index < -0.39 is 0 Å². The highest BCUT2D eigenvalue weighted by molar-refractivity contribution is 5.89. The van der Waals surface area contributed by atoms with Crippen molar-refractivity contribution in [2.24, 2.45) is 0 Å². The monoisotopic (exact) mass is 316 g/mol. The van der Waals surface area contributed by atoms with Crippen LogP contribution in [-0.2, 0) is 4.74 Å². The second-order valence-electron chi connectivity index (χ2n) is 5.64. The van der Waals surface area contributed by atoms with Gasteiger partial charge in [0.1, 0.15) is 5.75 Å². The van der Waals surface area contributed by atoms with Gasteiger partial charge in [0.15, 0.2) is 0 Å². The molecule has 0 atom stereocenters. The maximum atomic E-state index is 7.48. The Morgan fingerprint density at radius 3 is 2.13 bits per heavy atom. The number of hydrogen-bond acceptors (Lipinski definition) is 4. The van der Waals surface area contributed by atoms with E-state index in [4.69, 9.17) is 20.3 Å². The molecule has 4 nitrogen and oxygen atoms in total. The Kier molecular flexibility index (Phi) is 9.45. The maximum absolute atomic E-state index is 7.48. The zero-order valence-electron chi connectivity index (χ0n) is 14.1. The van der Waals surface area contributed by atoms with Crippen LogP contribution in [0.2, 0.25) is 0 Å². The van der Waals surface area contributed by atoms with Gasteiger partial charge in [0.05, 0.1) is 13.2 Å². The predicted molar refractivity (Wildman–Crippen MR) is 96.0 cm³/mol. The molecule has 2 N–H and O–H groups in total. The van der Waals surface area contributed by atoms with Crippen LogP contribution in [0.15, 0.2) is 36.4 Å². The molecule has 1 aromatic rings. The fourth-order valence-electron chi connectivity index (χ4n) is 2.06. The molecule has 0 heterocycles. The van der Waals surface area contributed by atoms with E-state index in [1.165, 1.54) is 25.5 Å². The van der Waals surface area contributed by atoms with Crippen LogP contribution in [0, 0.1) is 10.8 Å². The van der Waals surface area contributed by atoms with Crippen LogP contribution in [0.1, 0.15) is 51.0 Å². The molecule has 0 bridgehead atoms. The smallest absolute Gasteiger partial charge is 0.208 e. The zero-order valence-corrected chi connectivity index (χ0v) is 14.1. The molecule has 0 spiro atoms. The third-order valence-corrected chi connectivity index (χ3v) is 3.49. The van der Waals surface area contributed by atoms with Crippen molar-refractivity contribution in [3.05, 3.63) is 42.0 Å². The van der Waals surface area contributed by atoms with Gasteiger partial charge in [-0.1, -0.05) is 32.3 Å². The van der Waals surface area contributed by atoms with E-state index in [0.29, 0.717) is 12.2 Å². The minimum atomic E-state index is 0.204. The Morgan fingerprint density at radius 2 is 1.57 bits per heavy atom. The SMILES string of the molecule is C=C(C)C(=N)OCCCCCCCCOc1ccc(C=N)cc1. The summed E-state index contributed by atoms with van der Waals surface area (Å²) in [6.45, 7) is 6.81. The largest absolute Gasteiger partial charge is 0.494 e. The van der Waals surface area contributed by atoms with E-state index in [2.05, 4.69) is 6.58 Å². The molecule has 0 saturated carbocycles. The molecular weight excluding hydrogens is 288 g/mol. The summed E-state index contributed by atoms with van der Waals surface area (Å²) in [5, 5.41) is 14.6. The highest BCUT2D eigenvalue weighted by Crippen LogP contribution is 2.12. The second kappa shape index (κ2) is 11.5. The Morgan fingerprint density at radius 1 is 1.00 bits per heavy atom. The summed E-state index contributed by atoms with van der Waals surface area (Å²) < 4.78 is 10.9. The predicted octanol–water partition coefficient (Wildman–Crippen LogP) is 4.97. The van der Waals surface area contributed by atoms with Gasteiger partial charge in [-0.15, -0.1) is 0 Å². The van der Waals surface area contributed by atoms with Crippen LogP contribution in [-0.4, -0.2) is 25.3 Å². The Labute approximate surface area is 139 Å². The Balaban J connectivity index is 1.92. The standard InChI is InChI=1S/C19H28N2O2/c1-16(2)19(21)23-14-8-6-4-3-5-7-13-22-18-11-9-17(15-20)10-12-18/h9-12,15,20-21H,1,3-8,13-14H2,2H3. The maximum Gasteiger partial charge on any atom is 0.208 e. The van der Waals surface area contributed by atoms with Gasteiger partial charge in [-0.05, 0) is 49.6 Å². The van der Waals surface area contributed by atoms with Crippen LogP contribution in [0.3, 0.4) is 0 Å². The van der Waals surface area contributed by atoms with Crippen LogP contribution in [0.5, 0.6) is 5.75 Å². The average molecular weight is 316 g/mol. The van der Waals surface area contributed by atoms with Gasteiger partial charge in [0.25, 0.3) is 0 Å². The Bertz CT molecular complexity index is 495. The fourth-order valence-corrected chi connectivity index (χ4v) is 2.06. The molecule has 0 aliphatic carbocycles. The number of benzene rings is 1. The third kappa shape index (κ3) is 8.81. The minimum Gasteiger partial charge on any atom is -0.494 e. The van der Waals surface area contributed by atoms with E-state index in [0.717, 1.165) is 37.2 Å². The van der Waals surface area contributed by atoms with Gasteiger partial charge in [-0.2, -0.15) is 0 Å². The van der Waals surface area contributed by atoms with Crippen molar-refractivity contribution in [2.75, 3.05) is 13.2 Å². The van der Waals surface area contributed by atoms with Gasteiger partial charge in [0.2, 0.25) is 5.90 Å². The van der Waals surface area contributed by atoms with Crippen LogP contribution < -0.4 is 4.74 Å². The van der Waals surface area contributed by atoms with Crippen molar-refractivity contribution in [2.45, 2.75) is 45.4 Å². The lowest BCUT2D eigenvalue weighted by Crippen LogP contribution is -2.05. The molecule has 1 aromatic carbocycles. The van der Waals surface area contributed by atoms with E-state index in [1.807, 2.05) is 24.3 Å². The molecule has 0 fully saturated rings. The fraction of sp³-hybridized carbons (Fsp3) is 0.474. The number of rotatable bonds is 12. The van der Waals surface area contributed by atoms with E-state index >= 15 is 0 Å². The summed E-state index contributed by atoms with van der Waals surface area (Å²) in [6.07, 6.45) is 8.08. The van der Waals surface area contributed by atoms with E-state index in [-0.39, 0.29) is 5.90 Å². The van der Waals surface area contributed by atoms with Gasteiger partial charge < -0.3 is 14.9 Å². The molecule has 0 aromatic heterocycles. The average Bonchev–Trinajstić information content (AvgIpc) is 2.56.